The highest BCUT2D eigenvalue weighted by atomic mass is 16.3. The van der Waals surface area contributed by atoms with Crippen LogP contribution in [-0.2, 0) is 12.8 Å². The minimum Gasteiger partial charge on any atom is -0.393 e. The van der Waals surface area contributed by atoms with Gasteiger partial charge in [-0.3, -0.25) is 4.68 Å². The van der Waals surface area contributed by atoms with Crippen LogP contribution in [0.25, 0.3) is 0 Å². The van der Waals surface area contributed by atoms with Gasteiger partial charge in [0, 0.05) is 12.6 Å². The van der Waals surface area contributed by atoms with Crippen molar-refractivity contribution < 1.29 is 5.11 Å². The Morgan fingerprint density at radius 1 is 1.14 bits per heavy atom. The summed E-state index contributed by atoms with van der Waals surface area (Å²) in [6.07, 6.45) is 9.28. The molecule has 1 fully saturated rings. The molecule has 1 aromatic heterocycles. The standard InChI is InChI=1S/C18H24N2O/c21-18(11-10-15-6-2-1-3-7-15)14-16-12-13-20(19-16)17-8-4-5-9-17/h1-3,6-7,12-13,17-18,21H,4-5,8-11,14H2. The molecule has 21 heavy (non-hydrogen) atoms. The second-order valence-electron chi connectivity index (χ2n) is 6.11. The fraction of sp³-hybridized carbons (Fsp3) is 0.500. The Bertz CT molecular complexity index is 543. The third-order valence-electron chi connectivity index (χ3n) is 4.42. The molecule has 1 saturated carbocycles. The second kappa shape index (κ2) is 6.90. The highest BCUT2D eigenvalue weighted by molar-refractivity contribution is 5.14. The number of hydrogen-bond acceptors (Lipinski definition) is 2. The molecule has 0 aliphatic heterocycles. The molecule has 1 heterocycles. The van der Waals surface area contributed by atoms with Crippen molar-refractivity contribution in [1.82, 2.24) is 9.78 Å². The minimum atomic E-state index is -0.308. The Kier molecular flexibility index (Phi) is 4.71. The van der Waals surface area contributed by atoms with Crippen molar-refractivity contribution >= 4 is 0 Å². The Labute approximate surface area is 126 Å². The first-order valence-corrected chi connectivity index (χ1v) is 8.07. The lowest BCUT2D eigenvalue weighted by molar-refractivity contribution is 0.163. The van der Waals surface area contributed by atoms with Gasteiger partial charge in [0.25, 0.3) is 0 Å². The first-order chi connectivity index (χ1) is 10.3. The maximum Gasteiger partial charge on any atom is 0.0650 e. The van der Waals surface area contributed by atoms with Crippen LogP contribution in [0.15, 0.2) is 42.6 Å². The van der Waals surface area contributed by atoms with Crippen LogP contribution in [-0.4, -0.2) is 21.0 Å². The first-order valence-electron chi connectivity index (χ1n) is 8.07. The van der Waals surface area contributed by atoms with E-state index in [1.807, 2.05) is 18.2 Å². The van der Waals surface area contributed by atoms with E-state index in [0.717, 1.165) is 18.5 Å². The van der Waals surface area contributed by atoms with Crippen LogP contribution >= 0.6 is 0 Å². The molecule has 3 rings (SSSR count). The molecule has 1 aliphatic rings. The molecule has 0 amide bonds. The van der Waals surface area contributed by atoms with Crippen LogP contribution in [0.2, 0.25) is 0 Å². The number of aromatic nitrogens is 2. The SMILES string of the molecule is OC(CCc1ccccc1)Cc1ccn(C2CCCC2)n1. The molecule has 3 nitrogen and oxygen atoms in total. The average molecular weight is 284 g/mol. The van der Waals surface area contributed by atoms with E-state index < -0.39 is 0 Å². The maximum atomic E-state index is 10.2. The third-order valence-corrected chi connectivity index (χ3v) is 4.42. The highest BCUT2D eigenvalue weighted by Gasteiger charge is 2.18. The van der Waals surface area contributed by atoms with Crippen molar-refractivity contribution in [1.29, 1.82) is 0 Å². The van der Waals surface area contributed by atoms with Crippen LogP contribution in [0.3, 0.4) is 0 Å². The number of aliphatic hydroxyl groups is 1. The molecule has 0 bridgehead atoms. The van der Waals surface area contributed by atoms with E-state index in [4.69, 9.17) is 0 Å². The number of aliphatic hydroxyl groups excluding tert-OH is 1. The molecule has 0 spiro atoms. The van der Waals surface area contributed by atoms with E-state index in [1.54, 1.807) is 0 Å². The quantitative estimate of drug-likeness (QED) is 0.881. The van der Waals surface area contributed by atoms with Crippen LogP contribution in [0.5, 0.6) is 0 Å². The van der Waals surface area contributed by atoms with Crippen molar-refractivity contribution in [2.75, 3.05) is 0 Å². The molecular formula is C18H24N2O. The van der Waals surface area contributed by atoms with Crippen LogP contribution in [0.4, 0.5) is 0 Å². The zero-order valence-corrected chi connectivity index (χ0v) is 12.5. The van der Waals surface area contributed by atoms with Gasteiger partial charge in [0.2, 0.25) is 0 Å². The lowest BCUT2D eigenvalue weighted by atomic mass is 10.0. The van der Waals surface area contributed by atoms with E-state index in [0.29, 0.717) is 12.5 Å². The van der Waals surface area contributed by atoms with Crippen LogP contribution in [0, 0.1) is 0 Å². The van der Waals surface area contributed by atoms with Gasteiger partial charge in [0.1, 0.15) is 0 Å². The van der Waals surface area contributed by atoms with Crippen molar-refractivity contribution in [3.05, 3.63) is 53.9 Å². The average Bonchev–Trinajstić information content (AvgIpc) is 3.17. The van der Waals surface area contributed by atoms with Crippen molar-refractivity contribution in [2.45, 2.75) is 57.1 Å². The fourth-order valence-electron chi connectivity index (χ4n) is 3.18. The Hall–Kier alpha value is -1.61. The van der Waals surface area contributed by atoms with Gasteiger partial charge >= 0.3 is 0 Å². The Balaban J connectivity index is 1.49. The molecule has 112 valence electrons. The van der Waals surface area contributed by atoms with E-state index in [-0.39, 0.29) is 6.10 Å². The smallest absolute Gasteiger partial charge is 0.0650 e. The molecule has 2 aromatic rings. The highest BCUT2D eigenvalue weighted by Crippen LogP contribution is 2.28. The second-order valence-corrected chi connectivity index (χ2v) is 6.11. The number of nitrogens with zero attached hydrogens (tertiary/aromatic N) is 2. The van der Waals surface area contributed by atoms with Gasteiger partial charge in [0.15, 0.2) is 0 Å². The van der Waals surface area contributed by atoms with E-state index >= 15 is 0 Å². The van der Waals surface area contributed by atoms with Crippen molar-refractivity contribution in [3.63, 3.8) is 0 Å². The summed E-state index contributed by atoms with van der Waals surface area (Å²) in [7, 11) is 0. The summed E-state index contributed by atoms with van der Waals surface area (Å²) in [5.41, 5.74) is 2.30. The van der Waals surface area contributed by atoms with Crippen LogP contribution < -0.4 is 0 Å². The summed E-state index contributed by atoms with van der Waals surface area (Å²) < 4.78 is 2.10. The zero-order valence-electron chi connectivity index (χ0n) is 12.5. The topological polar surface area (TPSA) is 38.0 Å². The number of aryl methyl sites for hydroxylation is 1. The van der Waals surface area contributed by atoms with E-state index in [2.05, 4.69) is 34.2 Å². The number of rotatable bonds is 6. The maximum absolute atomic E-state index is 10.2. The van der Waals surface area contributed by atoms with E-state index in [9.17, 15) is 5.11 Å². The van der Waals surface area contributed by atoms with Gasteiger partial charge in [-0.1, -0.05) is 43.2 Å². The lowest BCUT2D eigenvalue weighted by Gasteiger charge is -2.10. The lowest BCUT2D eigenvalue weighted by Crippen LogP contribution is -2.13. The summed E-state index contributed by atoms with van der Waals surface area (Å²) in [6.45, 7) is 0. The summed E-state index contributed by atoms with van der Waals surface area (Å²) in [5.74, 6) is 0. The van der Waals surface area contributed by atoms with Crippen molar-refractivity contribution in [2.24, 2.45) is 0 Å². The molecule has 1 aromatic carbocycles. The predicted octanol–water partition coefficient (Wildman–Crippen LogP) is 3.53. The van der Waals surface area contributed by atoms with Gasteiger partial charge in [-0.2, -0.15) is 5.10 Å². The number of benzene rings is 1. The molecule has 1 aliphatic carbocycles. The minimum absolute atomic E-state index is 0.308. The molecular weight excluding hydrogens is 260 g/mol. The van der Waals surface area contributed by atoms with Gasteiger partial charge in [-0.05, 0) is 37.3 Å². The molecule has 1 N–H and O–H groups in total. The largest absolute Gasteiger partial charge is 0.393 e. The van der Waals surface area contributed by atoms with Gasteiger partial charge in [0.05, 0.1) is 17.8 Å². The van der Waals surface area contributed by atoms with E-state index in [1.165, 1.54) is 31.2 Å². The summed E-state index contributed by atoms with van der Waals surface area (Å²) in [4.78, 5) is 0. The summed E-state index contributed by atoms with van der Waals surface area (Å²) in [6, 6.07) is 13.0. The van der Waals surface area contributed by atoms with Gasteiger partial charge in [-0.25, -0.2) is 0 Å². The Morgan fingerprint density at radius 2 is 1.90 bits per heavy atom. The molecule has 0 saturated heterocycles. The van der Waals surface area contributed by atoms with Gasteiger partial charge in [-0.15, -0.1) is 0 Å². The predicted molar refractivity (Wildman–Crippen MR) is 84.2 cm³/mol. The van der Waals surface area contributed by atoms with Crippen LogP contribution in [0.1, 0.15) is 49.4 Å². The Morgan fingerprint density at radius 3 is 2.67 bits per heavy atom. The number of hydrogen-bond donors (Lipinski definition) is 1. The van der Waals surface area contributed by atoms with Crippen molar-refractivity contribution in [3.8, 4) is 0 Å². The first kappa shape index (κ1) is 14.3. The summed E-state index contributed by atoms with van der Waals surface area (Å²) >= 11 is 0. The molecule has 0 radical (unpaired) electrons. The van der Waals surface area contributed by atoms with Gasteiger partial charge < -0.3 is 5.11 Å². The summed E-state index contributed by atoms with van der Waals surface area (Å²) in [5, 5.41) is 14.8. The fourth-order valence-corrected chi connectivity index (χ4v) is 3.18. The normalized spacial score (nSPS) is 17.2. The molecule has 1 atom stereocenters. The molecule has 3 heteroatoms. The monoisotopic (exact) mass is 284 g/mol. The third kappa shape index (κ3) is 3.94. The zero-order chi connectivity index (χ0) is 14.5. The molecule has 1 unspecified atom stereocenters.